The van der Waals surface area contributed by atoms with Gasteiger partial charge in [0.1, 0.15) is 0 Å². The van der Waals surface area contributed by atoms with Crippen molar-refractivity contribution in [3.05, 3.63) is 0 Å². The molecule has 10 nitrogen and oxygen atoms in total. The molecule has 0 rings (SSSR count). The van der Waals surface area contributed by atoms with E-state index >= 15 is 0 Å². The van der Waals surface area contributed by atoms with Gasteiger partial charge in [-0.15, -0.1) is 0 Å². The third-order valence-corrected chi connectivity index (χ3v) is 3.25. The number of rotatable bonds is 3. The van der Waals surface area contributed by atoms with Crippen LogP contribution in [-0.4, -0.2) is 61.7 Å². The van der Waals surface area contributed by atoms with Crippen molar-refractivity contribution in [2.75, 3.05) is 0 Å². The number of alkyl halides is 9. The van der Waals surface area contributed by atoms with E-state index in [0.29, 0.717) is 0 Å². The molecule has 0 aromatic heterocycles. The Labute approximate surface area is 183 Å². The normalized spacial score (nSPS) is 12.4. The van der Waals surface area contributed by atoms with E-state index in [9.17, 15) is 39.5 Å². The summed E-state index contributed by atoms with van der Waals surface area (Å²) in [5, 5.41) is 6.58. The van der Waals surface area contributed by atoms with Crippen LogP contribution in [0.5, 0.6) is 0 Å². The molecule has 0 atom stereocenters. The Kier molecular flexibility index (Phi) is 20.1. The predicted molar refractivity (Wildman–Crippen MR) is 75.6 cm³/mol. The summed E-state index contributed by atoms with van der Waals surface area (Å²) >= 11 is 0. The molecule has 0 unspecified atom stereocenters. The monoisotopic (exact) mass is 724 g/mol. The number of nitrogens with one attached hydrogen (secondary N) is 1. The van der Waals surface area contributed by atoms with Gasteiger partial charge in [0.05, 0.1) is 0 Å². The molecular weight excluding hydrogens is 711 g/mol. The van der Waals surface area contributed by atoms with Crippen molar-refractivity contribution in [2.45, 2.75) is 42.7 Å². The van der Waals surface area contributed by atoms with Gasteiger partial charge in [-0.3, -0.25) is 0 Å². The molecule has 31 heavy (non-hydrogen) atoms. The van der Waals surface area contributed by atoms with Gasteiger partial charge in [-0.2, -0.15) is 39.5 Å². The number of hydrogen-bond acceptors (Lipinski definition) is 10. The van der Waals surface area contributed by atoms with Crippen LogP contribution in [-0.2, 0) is 50.1 Å². The first-order valence-corrected chi connectivity index (χ1v) is 10.4. The van der Waals surface area contributed by atoms with Crippen molar-refractivity contribution in [1.29, 1.82) is 5.41 Å². The summed E-state index contributed by atoms with van der Waals surface area (Å²) in [5.41, 5.74) is -16.9. The summed E-state index contributed by atoms with van der Waals surface area (Å²) in [4.78, 5) is 0. The Morgan fingerprint density at radius 3 is 0.871 bits per heavy atom. The van der Waals surface area contributed by atoms with Crippen LogP contribution in [0.15, 0.2) is 0 Å². The number of hydrogen-bond donors (Lipinski definition) is 1. The smallest absolute Gasteiger partial charge is 0.741 e. The zero-order chi connectivity index (χ0) is 25.8. The van der Waals surface area contributed by atoms with E-state index in [4.69, 9.17) is 44.3 Å². The van der Waals surface area contributed by atoms with E-state index in [0.717, 1.165) is 6.42 Å². The molecule has 0 amide bonds. The Hall–Kier alpha value is -0.594. The standard InChI is InChI=1S/C5H11N.3CHF3O3S.Os/c1-2-3-4-5-6;3*2-1(3,4)8(5,6)7;/h5-6H,2-4H2,1H3;3*(H,5,6,7);/q;;;;+3/p-3. The van der Waals surface area contributed by atoms with E-state index in [1.54, 1.807) is 0 Å². The van der Waals surface area contributed by atoms with Crippen molar-refractivity contribution in [2.24, 2.45) is 0 Å². The molecule has 0 aromatic carbocycles. The fraction of sp³-hybridized carbons (Fsp3) is 0.875. The zero-order valence-corrected chi connectivity index (χ0v) is 19.3. The molecule has 0 fully saturated rings. The first-order valence-electron chi connectivity index (χ1n) is 6.22. The van der Waals surface area contributed by atoms with Crippen LogP contribution < -0.4 is 0 Å². The fourth-order valence-corrected chi connectivity index (χ4v) is 0.306. The van der Waals surface area contributed by atoms with Gasteiger partial charge in [-0.1, -0.05) is 13.3 Å². The SMILES string of the molecule is CCCCC=N.O=S(=O)([O-])C(F)(F)F.O=S(=O)([O-])C(F)(F)F.O=S(=O)([O-])C(F)(F)F.[Os+3]. The maximum absolute atomic E-state index is 10.7. The van der Waals surface area contributed by atoms with E-state index in [2.05, 4.69) is 6.92 Å². The first kappa shape index (κ1) is 40.7. The molecule has 0 bridgehead atoms. The average molecular weight is 723 g/mol. The fourth-order valence-electron chi connectivity index (χ4n) is 0.306. The van der Waals surface area contributed by atoms with Gasteiger partial charge in [0.2, 0.25) is 0 Å². The largest absolute Gasteiger partial charge is 3.00 e. The van der Waals surface area contributed by atoms with Crippen molar-refractivity contribution < 1.29 is 98.2 Å². The van der Waals surface area contributed by atoms with Crippen LogP contribution in [0.3, 0.4) is 0 Å². The minimum Gasteiger partial charge on any atom is -0.741 e. The van der Waals surface area contributed by atoms with E-state index in [1.807, 2.05) is 0 Å². The molecule has 0 saturated heterocycles. The molecule has 0 heterocycles. The van der Waals surface area contributed by atoms with Crippen LogP contribution in [0.4, 0.5) is 39.5 Å². The number of unbranched alkanes of at least 4 members (excludes halogenated alkanes) is 2. The number of halogens is 9. The molecule has 0 aliphatic rings. The topological polar surface area (TPSA) is 195 Å². The van der Waals surface area contributed by atoms with E-state index in [1.165, 1.54) is 19.1 Å². The molecule has 0 aliphatic heterocycles. The first-order chi connectivity index (χ1) is 12.7. The zero-order valence-electron chi connectivity index (χ0n) is 14.4. The molecular formula is C8H11F9NO9OsS3. The van der Waals surface area contributed by atoms with Crippen LogP contribution in [0, 0.1) is 5.41 Å². The second kappa shape index (κ2) is 15.3. The van der Waals surface area contributed by atoms with Gasteiger partial charge in [0, 0.05) is 0 Å². The van der Waals surface area contributed by atoms with Gasteiger partial charge in [-0.05, 0) is 19.1 Å². The molecule has 23 heteroatoms. The van der Waals surface area contributed by atoms with Crippen LogP contribution in [0.2, 0.25) is 0 Å². The van der Waals surface area contributed by atoms with Gasteiger partial charge in [-0.25, -0.2) is 25.3 Å². The summed E-state index contributed by atoms with van der Waals surface area (Å²) in [6, 6.07) is 0. The van der Waals surface area contributed by atoms with Crippen LogP contribution >= 0.6 is 0 Å². The quantitative estimate of drug-likeness (QED) is 0.149. The van der Waals surface area contributed by atoms with Crippen LogP contribution in [0.1, 0.15) is 26.2 Å². The third-order valence-electron chi connectivity index (χ3n) is 1.55. The summed E-state index contributed by atoms with van der Waals surface area (Å²) in [6.07, 6.45) is 4.79. The molecule has 0 aromatic rings. The van der Waals surface area contributed by atoms with Gasteiger partial charge in [0.15, 0.2) is 30.4 Å². The van der Waals surface area contributed by atoms with E-state index in [-0.39, 0.29) is 19.8 Å². The van der Waals surface area contributed by atoms with Gasteiger partial charge < -0.3 is 19.1 Å². The molecule has 0 spiro atoms. The average Bonchev–Trinajstić information content (AvgIpc) is 2.40. The van der Waals surface area contributed by atoms with Crippen molar-refractivity contribution in [3.8, 4) is 0 Å². The maximum Gasteiger partial charge on any atom is 3.00 e. The van der Waals surface area contributed by atoms with Gasteiger partial charge >= 0.3 is 36.3 Å². The summed E-state index contributed by atoms with van der Waals surface area (Å²) in [5.74, 6) is 0. The minimum atomic E-state index is -6.09. The Balaban J connectivity index is -0.0000000965. The van der Waals surface area contributed by atoms with Crippen molar-refractivity contribution in [1.82, 2.24) is 0 Å². The second-order valence-corrected chi connectivity index (χ2v) is 8.16. The third kappa shape index (κ3) is 25.5. The Morgan fingerprint density at radius 2 is 0.839 bits per heavy atom. The predicted octanol–water partition coefficient (Wildman–Crippen LogP) is 1.98. The maximum atomic E-state index is 10.7. The van der Waals surface area contributed by atoms with Crippen molar-refractivity contribution >= 4 is 36.6 Å². The molecule has 0 aliphatic carbocycles. The van der Waals surface area contributed by atoms with E-state index < -0.39 is 46.9 Å². The summed E-state index contributed by atoms with van der Waals surface area (Å²) in [6.45, 7) is 2.13. The second-order valence-electron chi connectivity index (χ2n) is 4.05. The molecule has 0 saturated carbocycles. The Morgan fingerprint density at radius 1 is 0.677 bits per heavy atom. The summed E-state index contributed by atoms with van der Waals surface area (Å²) < 4.78 is 177. The Bertz CT molecular complexity index is 702. The van der Waals surface area contributed by atoms with Gasteiger partial charge in [0.25, 0.3) is 0 Å². The summed E-state index contributed by atoms with van der Waals surface area (Å²) in [7, 11) is -18.3. The molecule has 1 radical (unpaired) electrons. The molecule has 191 valence electrons. The van der Waals surface area contributed by atoms with Crippen molar-refractivity contribution in [3.63, 3.8) is 0 Å². The minimum absolute atomic E-state index is 0. The molecule has 1 N–H and O–H groups in total. The van der Waals surface area contributed by atoms with Crippen LogP contribution in [0.25, 0.3) is 0 Å².